The van der Waals surface area contributed by atoms with Gasteiger partial charge in [0.15, 0.2) is 0 Å². The second-order valence-corrected chi connectivity index (χ2v) is 4.50. The molecule has 0 aliphatic heterocycles. The molecule has 1 aliphatic rings. The van der Waals surface area contributed by atoms with Gasteiger partial charge >= 0.3 is 0 Å². The van der Waals surface area contributed by atoms with Crippen LogP contribution in [0.2, 0.25) is 0 Å². The summed E-state index contributed by atoms with van der Waals surface area (Å²) in [5.74, 6) is 0. The summed E-state index contributed by atoms with van der Waals surface area (Å²) in [5.41, 5.74) is 1.19. The van der Waals surface area contributed by atoms with E-state index >= 15 is 0 Å². The summed E-state index contributed by atoms with van der Waals surface area (Å²) >= 11 is 0. The maximum absolute atomic E-state index is 9.15. The molecule has 2 rings (SSSR count). The highest BCUT2D eigenvalue weighted by Crippen LogP contribution is 2.20. The molecule has 1 aromatic rings. The lowest BCUT2D eigenvalue weighted by Crippen LogP contribution is -2.41. The van der Waals surface area contributed by atoms with Gasteiger partial charge in [-0.3, -0.25) is 5.32 Å². The minimum absolute atomic E-state index is 0.0670. The van der Waals surface area contributed by atoms with Crippen LogP contribution in [-0.4, -0.2) is 25.2 Å². The van der Waals surface area contributed by atoms with Crippen molar-refractivity contribution < 1.29 is 0 Å². The number of nitriles is 1. The first kappa shape index (κ1) is 11.9. The molecule has 1 saturated carbocycles. The molecular weight excluding hydrogens is 210 g/mol. The fraction of sp³-hybridized carbons (Fsp3) is 0.500. The highest BCUT2D eigenvalue weighted by atomic mass is 15.2. The molecule has 90 valence electrons. The summed E-state index contributed by atoms with van der Waals surface area (Å²) in [6.07, 6.45) is 2.44. The first-order valence-corrected chi connectivity index (χ1v) is 6.29. The van der Waals surface area contributed by atoms with Crippen LogP contribution in [0.1, 0.15) is 19.8 Å². The third kappa shape index (κ3) is 3.47. The standard InChI is InChI=1S/C14H19N3/c1-2-17(14-6-4-3-5-7-14)11-13(10-15)16-12-8-9-12/h3-7,12-13,16H,2,8-9,11H2,1H3. The maximum atomic E-state index is 9.15. The number of nitrogens with zero attached hydrogens (tertiary/aromatic N) is 2. The Balaban J connectivity index is 1.96. The van der Waals surface area contributed by atoms with Gasteiger partial charge in [-0.2, -0.15) is 5.26 Å². The van der Waals surface area contributed by atoms with Crippen LogP contribution >= 0.6 is 0 Å². The molecule has 1 N–H and O–H groups in total. The molecule has 1 aromatic carbocycles. The Kier molecular flexibility index (Phi) is 4.00. The average molecular weight is 229 g/mol. The third-order valence-electron chi connectivity index (χ3n) is 3.08. The summed E-state index contributed by atoms with van der Waals surface area (Å²) < 4.78 is 0. The fourth-order valence-electron chi connectivity index (χ4n) is 1.94. The van der Waals surface area contributed by atoms with Gasteiger partial charge < -0.3 is 4.90 Å². The zero-order chi connectivity index (χ0) is 12.1. The van der Waals surface area contributed by atoms with Gasteiger partial charge in [-0.1, -0.05) is 18.2 Å². The van der Waals surface area contributed by atoms with Crippen molar-refractivity contribution >= 4 is 5.69 Å². The molecule has 1 atom stereocenters. The van der Waals surface area contributed by atoms with Crippen LogP contribution in [-0.2, 0) is 0 Å². The van der Waals surface area contributed by atoms with E-state index in [-0.39, 0.29) is 6.04 Å². The molecular formula is C14H19N3. The minimum atomic E-state index is -0.0670. The molecule has 1 unspecified atom stereocenters. The van der Waals surface area contributed by atoms with Gasteiger partial charge in [0.2, 0.25) is 0 Å². The first-order chi connectivity index (χ1) is 8.33. The summed E-state index contributed by atoms with van der Waals surface area (Å²) in [5, 5.41) is 12.5. The number of hydrogen-bond acceptors (Lipinski definition) is 3. The molecule has 0 saturated heterocycles. The normalized spacial score (nSPS) is 16.2. The Morgan fingerprint density at radius 1 is 1.41 bits per heavy atom. The Hall–Kier alpha value is -1.53. The van der Waals surface area contributed by atoms with Crippen LogP contribution in [0.15, 0.2) is 30.3 Å². The molecule has 0 heterocycles. The lowest BCUT2D eigenvalue weighted by atomic mass is 10.2. The van der Waals surface area contributed by atoms with Crippen molar-refractivity contribution in [3.05, 3.63) is 30.3 Å². The SMILES string of the molecule is CCN(CC(C#N)NC1CC1)c1ccccc1. The van der Waals surface area contributed by atoms with Gasteiger partial charge in [0.05, 0.1) is 6.07 Å². The monoisotopic (exact) mass is 229 g/mol. The van der Waals surface area contributed by atoms with Crippen LogP contribution in [0, 0.1) is 11.3 Å². The van der Waals surface area contributed by atoms with Crippen LogP contribution in [0.3, 0.4) is 0 Å². The van der Waals surface area contributed by atoms with Crippen molar-refractivity contribution in [2.45, 2.75) is 31.8 Å². The highest BCUT2D eigenvalue weighted by Gasteiger charge is 2.25. The number of benzene rings is 1. The molecule has 3 heteroatoms. The van der Waals surface area contributed by atoms with Crippen LogP contribution < -0.4 is 10.2 Å². The van der Waals surface area contributed by atoms with Crippen LogP contribution in [0.5, 0.6) is 0 Å². The Bertz CT molecular complexity index is 378. The van der Waals surface area contributed by atoms with Gasteiger partial charge in [0, 0.05) is 24.8 Å². The van der Waals surface area contributed by atoms with Crippen molar-refractivity contribution in [2.24, 2.45) is 0 Å². The van der Waals surface area contributed by atoms with Crippen molar-refractivity contribution in [1.29, 1.82) is 5.26 Å². The molecule has 3 nitrogen and oxygen atoms in total. The van der Waals surface area contributed by atoms with E-state index in [1.165, 1.54) is 18.5 Å². The van der Waals surface area contributed by atoms with E-state index in [1.54, 1.807) is 0 Å². The lowest BCUT2D eigenvalue weighted by Gasteiger charge is -2.25. The fourth-order valence-corrected chi connectivity index (χ4v) is 1.94. The second kappa shape index (κ2) is 5.70. The number of para-hydroxylation sites is 1. The number of hydrogen-bond donors (Lipinski definition) is 1. The van der Waals surface area contributed by atoms with E-state index in [1.807, 2.05) is 18.2 Å². The van der Waals surface area contributed by atoms with Crippen LogP contribution in [0.4, 0.5) is 5.69 Å². The average Bonchev–Trinajstić information content (AvgIpc) is 3.19. The van der Waals surface area contributed by atoms with Crippen LogP contribution in [0.25, 0.3) is 0 Å². The number of rotatable bonds is 6. The summed E-state index contributed by atoms with van der Waals surface area (Å²) in [4.78, 5) is 2.24. The third-order valence-corrected chi connectivity index (χ3v) is 3.08. The lowest BCUT2D eigenvalue weighted by molar-refractivity contribution is 0.583. The zero-order valence-electron chi connectivity index (χ0n) is 10.3. The molecule has 0 aromatic heterocycles. The van der Waals surface area contributed by atoms with Gasteiger partial charge in [-0.05, 0) is 31.9 Å². The van der Waals surface area contributed by atoms with E-state index in [2.05, 4.69) is 35.3 Å². The Morgan fingerprint density at radius 3 is 2.65 bits per heavy atom. The van der Waals surface area contributed by atoms with Gasteiger partial charge in [0.25, 0.3) is 0 Å². The predicted octanol–water partition coefficient (Wildman–Crippen LogP) is 2.16. The van der Waals surface area contributed by atoms with Crippen molar-refractivity contribution in [2.75, 3.05) is 18.0 Å². The smallest absolute Gasteiger partial charge is 0.113 e. The number of likely N-dealkylation sites (N-methyl/N-ethyl adjacent to an activating group) is 1. The molecule has 0 bridgehead atoms. The van der Waals surface area contributed by atoms with Gasteiger partial charge in [-0.15, -0.1) is 0 Å². The molecule has 17 heavy (non-hydrogen) atoms. The summed E-state index contributed by atoms with van der Waals surface area (Å²) in [6.45, 7) is 3.81. The first-order valence-electron chi connectivity index (χ1n) is 6.29. The Morgan fingerprint density at radius 2 is 2.12 bits per heavy atom. The zero-order valence-corrected chi connectivity index (χ0v) is 10.3. The van der Waals surface area contributed by atoms with Gasteiger partial charge in [0.1, 0.15) is 6.04 Å². The summed E-state index contributed by atoms with van der Waals surface area (Å²) in [7, 11) is 0. The van der Waals surface area contributed by atoms with E-state index in [4.69, 9.17) is 5.26 Å². The van der Waals surface area contributed by atoms with Crippen molar-refractivity contribution in [3.63, 3.8) is 0 Å². The highest BCUT2D eigenvalue weighted by molar-refractivity contribution is 5.46. The topological polar surface area (TPSA) is 39.1 Å². The Labute approximate surface area is 103 Å². The minimum Gasteiger partial charge on any atom is -0.369 e. The second-order valence-electron chi connectivity index (χ2n) is 4.50. The maximum Gasteiger partial charge on any atom is 0.113 e. The molecule has 0 amide bonds. The van der Waals surface area contributed by atoms with E-state index in [0.29, 0.717) is 6.04 Å². The largest absolute Gasteiger partial charge is 0.369 e. The molecule has 1 fully saturated rings. The van der Waals surface area contributed by atoms with E-state index in [0.717, 1.165) is 13.1 Å². The van der Waals surface area contributed by atoms with Crippen molar-refractivity contribution in [3.8, 4) is 6.07 Å². The molecule has 0 radical (unpaired) electrons. The van der Waals surface area contributed by atoms with E-state index in [9.17, 15) is 0 Å². The van der Waals surface area contributed by atoms with Crippen molar-refractivity contribution in [1.82, 2.24) is 5.32 Å². The van der Waals surface area contributed by atoms with Gasteiger partial charge in [-0.25, -0.2) is 0 Å². The van der Waals surface area contributed by atoms with E-state index < -0.39 is 0 Å². The summed E-state index contributed by atoms with van der Waals surface area (Å²) in [6, 6.07) is 13.1. The number of anilines is 1. The molecule has 0 spiro atoms. The molecule has 1 aliphatic carbocycles. The number of nitrogens with one attached hydrogen (secondary N) is 1. The predicted molar refractivity (Wildman–Crippen MR) is 69.9 cm³/mol. The quantitative estimate of drug-likeness (QED) is 0.812.